The lowest BCUT2D eigenvalue weighted by Crippen LogP contribution is -2.49. The summed E-state index contributed by atoms with van der Waals surface area (Å²) in [5.41, 5.74) is 0.875. The minimum absolute atomic E-state index is 0.0195. The number of rotatable bonds is 26. The van der Waals surface area contributed by atoms with E-state index < -0.39 is 75.9 Å². The van der Waals surface area contributed by atoms with Crippen molar-refractivity contribution < 1.29 is 92.7 Å². The molecule has 2 fully saturated rings. The maximum absolute atomic E-state index is 12.1. The van der Waals surface area contributed by atoms with Crippen LogP contribution in [0.2, 0.25) is 0 Å². The summed E-state index contributed by atoms with van der Waals surface area (Å²) in [6.07, 6.45) is -2.39. The van der Waals surface area contributed by atoms with Gasteiger partial charge in [0, 0.05) is 91.6 Å². The minimum atomic E-state index is -4.47. The highest BCUT2D eigenvalue weighted by Gasteiger charge is 2.27. The molecule has 26 nitrogen and oxygen atoms in total. The number of hydrogen-bond acceptors (Lipinski definition) is 18. The van der Waals surface area contributed by atoms with Crippen molar-refractivity contribution in [3.63, 3.8) is 0 Å². The number of β-amino-alcohol motifs (C(OH)–C–C–N with tert-alkyl or cyclic N) is 2. The maximum atomic E-state index is 12.1. The molecular formula is C44H79N7O19P2. The Morgan fingerprint density at radius 2 is 0.861 bits per heavy atom. The topological polar surface area (TPSA) is 355 Å². The molecule has 0 spiro atoms. The fraction of sp³-hybridized carbons (Fsp3) is 0.773. The molecule has 2 saturated heterocycles. The zero-order chi connectivity index (χ0) is 53.1. The standard InChI is InChI=1S/C44H79N7O19P2/c52-38(24-45-10-4-8-37(44(60)61)9-5-11-50(34-71(62,63)64)21-18-47(15-12-45)26-41(54)55)30-68-32-40(70-29-36-6-2-1-3-7-36)33-69-31-39(53)25-46-13-16-48(27-42(56)57)19-22-51(35-72(65,66)67)23-20-49(17-14-46)28-43(58)59/h1-3,6-7,37-40,52-53H,4-5,8-35H2,(H,54,55)(H,56,57)(H,58,59)(H,60,61)(H2,62,63,64)(H2,65,66,67). The van der Waals surface area contributed by atoms with E-state index in [0.29, 0.717) is 32.4 Å². The highest BCUT2D eigenvalue weighted by Crippen LogP contribution is 2.36. The molecule has 0 aliphatic carbocycles. The first-order valence-electron chi connectivity index (χ1n) is 24.2. The fourth-order valence-electron chi connectivity index (χ4n) is 8.52. The van der Waals surface area contributed by atoms with E-state index in [0.717, 1.165) is 5.56 Å². The quantitative estimate of drug-likeness (QED) is 0.0460. The van der Waals surface area contributed by atoms with Gasteiger partial charge in [0.15, 0.2) is 0 Å². The number of benzene rings is 1. The number of aliphatic hydroxyl groups excluding tert-OH is 2. The molecule has 414 valence electrons. The number of carbonyl (C=O) groups is 4. The Morgan fingerprint density at radius 3 is 1.24 bits per heavy atom. The SMILES string of the molecule is O=C(O)CN1CCN(CC(O)COCC(COCC(O)CN2CCN(CC(=O)O)CCN(CP(=O)(O)O)CCN(CC(=O)O)CC2)OCc2ccccc2)CCCC(C(=O)O)CCCN(CP(=O)(O)O)CC1. The molecule has 72 heavy (non-hydrogen) atoms. The summed E-state index contributed by atoms with van der Waals surface area (Å²) in [6, 6.07) is 9.35. The van der Waals surface area contributed by atoms with Gasteiger partial charge in [-0.05, 0) is 44.3 Å². The van der Waals surface area contributed by atoms with Gasteiger partial charge in [-0.3, -0.25) is 62.6 Å². The van der Waals surface area contributed by atoms with Crippen LogP contribution in [0, 0.1) is 5.92 Å². The molecule has 4 unspecified atom stereocenters. The molecule has 1 aromatic carbocycles. The zero-order valence-corrected chi connectivity index (χ0v) is 42.9. The van der Waals surface area contributed by atoms with Gasteiger partial charge in [0.2, 0.25) is 0 Å². The molecule has 28 heteroatoms. The smallest absolute Gasteiger partial charge is 0.339 e. The van der Waals surface area contributed by atoms with Gasteiger partial charge < -0.3 is 64.4 Å². The Morgan fingerprint density at radius 1 is 0.514 bits per heavy atom. The van der Waals surface area contributed by atoms with Crippen LogP contribution in [0.5, 0.6) is 0 Å². The summed E-state index contributed by atoms with van der Waals surface area (Å²) >= 11 is 0. The first-order valence-corrected chi connectivity index (χ1v) is 27.8. The number of nitrogens with zero attached hydrogens (tertiary/aromatic N) is 7. The van der Waals surface area contributed by atoms with E-state index in [2.05, 4.69) is 0 Å². The summed E-state index contributed by atoms with van der Waals surface area (Å²) in [6.45, 7) is 2.25. The average Bonchev–Trinajstić information content (AvgIpc) is 3.27. The molecule has 2 heterocycles. The van der Waals surface area contributed by atoms with Crippen LogP contribution < -0.4 is 0 Å². The normalized spacial score (nSPS) is 21.2. The highest BCUT2D eigenvalue weighted by molar-refractivity contribution is 7.51. The van der Waals surface area contributed by atoms with E-state index in [4.69, 9.17) is 14.2 Å². The van der Waals surface area contributed by atoms with Gasteiger partial charge in [0.05, 0.1) is 70.8 Å². The molecule has 0 aromatic heterocycles. The molecule has 2 aliphatic rings. The van der Waals surface area contributed by atoms with Crippen LogP contribution >= 0.6 is 15.2 Å². The van der Waals surface area contributed by atoms with Crippen molar-refractivity contribution in [1.82, 2.24) is 34.3 Å². The van der Waals surface area contributed by atoms with Gasteiger partial charge in [-0.1, -0.05) is 30.3 Å². The van der Waals surface area contributed by atoms with Crippen LogP contribution in [0.15, 0.2) is 30.3 Å². The van der Waals surface area contributed by atoms with Crippen LogP contribution in [0.4, 0.5) is 0 Å². The Labute approximate surface area is 420 Å². The van der Waals surface area contributed by atoms with Crippen LogP contribution in [0.3, 0.4) is 0 Å². The van der Waals surface area contributed by atoms with E-state index in [1.807, 2.05) is 40.1 Å². The number of aliphatic carboxylic acids is 4. The van der Waals surface area contributed by atoms with E-state index >= 15 is 0 Å². The number of carboxylic acids is 4. The highest BCUT2D eigenvalue weighted by atomic mass is 31.2. The van der Waals surface area contributed by atoms with Crippen LogP contribution in [0.25, 0.3) is 0 Å². The molecular weight excluding hydrogens is 992 g/mol. The Kier molecular flexibility index (Phi) is 29.6. The van der Waals surface area contributed by atoms with Gasteiger partial charge in [0.25, 0.3) is 0 Å². The van der Waals surface area contributed by atoms with Gasteiger partial charge in [-0.2, -0.15) is 0 Å². The largest absolute Gasteiger partial charge is 0.481 e. The molecule has 0 bridgehead atoms. The fourth-order valence-corrected chi connectivity index (χ4v) is 10.1. The van der Waals surface area contributed by atoms with E-state index in [1.54, 1.807) is 14.7 Å². The summed E-state index contributed by atoms with van der Waals surface area (Å²) < 4.78 is 41.8. The lowest BCUT2D eigenvalue weighted by Gasteiger charge is -2.34. The monoisotopic (exact) mass is 1070 g/mol. The molecule has 3 rings (SSSR count). The lowest BCUT2D eigenvalue weighted by atomic mass is 9.97. The predicted molar refractivity (Wildman–Crippen MR) is 260 cm³/mol. The minimum Gasteiger partial charge on any atom is -0.481 e. The third-order valence-electron chi connectivity index (χ3n) is 12.1. The molecule has 10 N–H and O–H groups in total. The van der Waals surface area contributed by atoms with Crippen molar-refractivity contribution >= 4 is 39.1 Å². The number of carboxylic acid groups (broad SMARTS) is 4. The van der Waals surface area contributed by atoms with E-state index in [9.17, 15) is 78.5 Å². The summed E-state index contributed by atoms with van der Waals surface area (Å²) in [5.74, 6) is -4.91. The lowest BCUT2D eigenvalue weighted by molar-refractivity contribution is -0.142. The second-order valence-electron chi connectivity index (χ2n) is 18.6. The molecule has 0 amide bonds. The van der Waals surface area contributed by atoms with Gasteiger partial charge in [-0.25, -0.2) is 0 Å². The number of hydrogen-bond donors (Lipinski definition) is 10. The van der Waals surface area contributed by atoms with Crippen molar-refractivity contribution in [1.29, 1.82) is 0 Å². The van der Waals surface area contributed by atoms with Crippen molar-refractivity contribution in [2.24, 2.45) is 5.92 Å². The Bertz CT molecular complexity index is 1810. The van der Waals surface area contributed by atoms with Crippen LogP contribution in [-0.2, 0) is 49.1 Å². The third-order valence-corrected chi connectivity index (χ3v) is 13.7. The number of aliphatic hydroxyl groups is 2. The number of ether oxygens (including phenoxy) is 3. The van der Waals surface area contributed by atoms with Crippen LogP contribution in [0.1, 0.15) is 31.2 Å². The average molecular weight is 1070 g/mol. The molecule has 1 aromatic rings. The second kappa shape index (κ2) is 33.8. The third kappa shape index (κ3) is 30.3. The second-order valence-corrected chi connectivity index (χ2v) is 21.8. The summed E-state index contributed by atoms with van der Waals surface area (Å²) in [7, 11) is -8.91. The first kappa shape index (κ1) is 63.2. The summed E-state index contributed by atoms with van der Waals surface area (Å²) in [4.78, 5) is 97.6. The van der Waals surface area contributed by atoms with E-state index in [1.165, 1.54) is 9.80 Å². The van der Waals surface area contributed by atoms with E-state index in [-0.39, 0.29) is 151 Å². The maximum Gasteiger partial charge on any atom is 0.339 e. The van der Waals surface area contributed by atoms with Crippen molar-refractivity contribution in [3.8, 4) is 0 Å². The van der Waals surface area contributed by atoms with Gasteiger partial charge in [0.1, 0.15) is 18.7 Å². The molecule has 0 saturated carbocycles. The zero-order valence-electron chi connectivity index (χ0n) is 41.1. The Hall–Kier alpha value is -3.08. The van der Waals surface area contributed by atoms with Crippen molar-refractivity contribution in [2.75, 3.05) is 163 Å². The molecule has 4 atom stereocenters. The van der Waals surface area contributed by atoms with Crippen LogP contribution in [-0.4, -0.2) is 290 Å². The van der Waals surface area contributed by atoms with Gasteiger partial charge >= 0.3 is 39.1 Å². The van der Waals surface area contributed by atoms with Gasteiger partial charge in [-0.15, -0.1) is 0 Å². The van der Waals surface area contributed by atoms with Crippen molar-refractivity contribution in [2.45, 2.75) is 50.6 Å². The summed E-state index contributed by atoms with van der Waals surface area (Å²) in [5, 5.41) is 61.1. The van der Waals surface area contributed by atoms with Crippen molar-refractivity contribution in [3.05, 3.63) is 35.9 Å². The first-order chi connectivity index (χ1) is 34.0. The molecule has 2 aliphatic heterocycles. The Balaban J connectivity index is 1.64. The molecule has 0 radical (unpaired) electrons. The predicted octanol–water partition coefficient (Wildman–Crippen LogP) is -1.75.